The lowest BCUT2D eigenvalue weighted by Crippen LogP contribution is -2.32. The zero-order valence-corrected chi connectivity index (χ0v) is 30.1. The maximum Gasteiger partial charge on any atom is 0.160 e. The molecule has 2 heterocycles. The van der Waals surface area contributed by atoms with Gasteiger partial charge in [-0.15, -0.1) is 0 Å². The standard InChI is InChI=1S/C51H32N2S/c1-2-15-34(16-3-1)46-32-47(41-23-13-17-33-14-4-5-20-38(33)41)53-50(52-46)37-19-12-18-35(30-37)36-28-29-49-45(31-36)51(44-26-10-11-27-48(44)54-49)42-24-8-6-21-39(42)40-22-7-9-25-43(40)51/h1-32H. The first-order valence-electron chi connectivity index (χ1n) is 18.4. The third-order valence-corrected chi connectivity index (χ3v) is 12.3. The summed E-state index contributed by atoms with van der Waals surface area (Å²) in [6.45, 7) is 0. The van der Waals surface area contributed by atoms with Crippen LogP contribution in [0.3, 0.4) is 0 Å². The van der Waals surface area contributed by atoms with E-state index in [4.69, 9.17) is 9.97 Å². The molecule has 9 aromatic rings. The first-order valence-corrected chi connectivity index (χ1v) is 19.2. The van der Waals surface area contributed by atoms with Crippen LogP contribution < -0.4 is 0 Å². The molecule has 0 saturated carbocycles. The van der Waals surface area contributed by atoms with E-state index in [2.05, 4.69) is 188 Å². The van der Waals surface area contributed by atoms with Gasteiger partial charge in [-0.2, -0.15) is 0 Å². The van der Waals surface area contributed by atoms with Gasteiger partial charge in [0.05, 0.1) is 16.8 Å². The average Bonchev–Trinajstić information content (AvgIpc) is 3.54. The average molecular weight is 705 g/mol. The first kappa shape index (κ1) is 31.0. The van der Waals surface area contributed by atoms with E-state index < -0.39 is 5.41 Å². The first-order chi connectivity index (χ1) is 26.8. The smallest absolute Gasteiger partial charge is 0.160 e. The maximum absolute atomic E-state index is 5.27. The van der Waals surface area contributed by atoms with Crippen molar-refractivity contribution in [2.75, 3.05) is 0 Å². The Labute approximate surface area is 318 Å². The fourth-order valence-corrected chi connectivity index (χ4v) is 9.97. The van der Waals surface area contributed by atoms with E-state index in [-0.39, 0.29) is 0 Å². The monoisotopic (exact) mass is 704 g/mol. The van der Waals surface area contributed by atoms with Gasteiger partial charge >= 0.3 is 0 Å². The van der Waals surface area contributed by atoms with Gasteiger partial charge in [-0.3, -0.25) is 0 Å². The molecule has 54 heavy (non-hydrogen) atoms. The molecule has 1 aliphatic heterocycles. The molecule has 0 amide bonds. The molecule has 3 heteroatoms. The van der Waals surface area contributed by atoms with E-state index in [1.165, 1.54) is 59.5 Å². The van der Waals surface area contributed by atoms with Crippen LogP contribution in [0.5, 0.6) is 0 Å². The van der Waals surface area contributed by atoms with Gasteiger partial charge in [0.1, 0.15) is 0 Å². The molecule has 1 aliphatic carbocycles. The molecule has 11 rings (SSSR count). The van der Waals surface area contributed by atoms with E-state index in [0.29, 0.717) is 5.82 Å². The van der Waals surface area contributed by atoms with E-state index in [0.717, 1.165) is 33.6 Å². The van der Waals surface area contributed by atoms with Crippen molar-refractivity contribution in [1.82, 2.24) is 9.97 Å². The zero-order chi connectivity index (χ0) is 35.6. The summed E-state index contributed by atoms with van der Waals surface area (Å²) in [5, 5.41) is 2.37. The van der Waals surface area contributed by atoms with Crippen molar-refractivity contribution >= 4 is 22.5 Å². The van der Waals surface area contributed by atoms with Crippen LogP contribution in [0.4, 0.5) is 0 Å². The Balaban J connectivity index is 1.09. The van der Waals surface area contributed by atoms with Gasteiger partial charge in [-0.1, -0.05) is 176 Å². The third-order valence-electron chi connectivity index (χ3n) is 11.2. The van der Waals surface area contributed by atoms with Gasteiger partial charge in [-0.25, -0.2) is 9.97 Å². The van der Waals surface area contributed by atoms with Crippen LogP contribution >= 0.6 is 11.8 Å². The molecule has 0 atom stereocenters. The van der Waals surface area contributed by atoms with Crippen molar-refractivity contribution in [2.24, 2.45) is 0 Å². The number of hydrogen-bond donors (Lipinski definition) is 0. The largest absolute Gasteiger partial charge is 0.228 e. The number of hydrogen-bond acceptors (Lipinski definition) is 3. The summed E-state index contributed by atoms with van der Waals surface area (Å²) in [6.07, 6.45) is 0. The molecule has 0 fully saturated rings. The van der Waals surface area contributed by atoms with E-state index in [9.17, 15) is 0 Å². The predicted octanol–water partition coefficient (Wildman–Crippen LogP) is 13.1. The minimum Gasteiger partial charge on any atom is -0.228 e. The second kappa shape index (κ2) is 12.3. The van der Waals surface area contributed by atoms with E-state index in [1.807, 2.05) is 17.8 Å². The normalized spacial score (nSPS) is 13.3. The highest BCUT2D eigenvalue weighted by molar-refractivity contribution is 7.99. The van der Waals surface area contributed by atoms with Gasteiger partial charge in [0, 0.05) is 26.5 Å². The molecule has 1 spiro atoms. The predicted molar refractivity (Wildman–Crippen MR) is 223 cm³/mol. The Morgan fingerprint density at radius 3 is 1.76 bits per heavy atom. The molecular weight excluding hydrogens is 673 g/mol. The fraction of sp³-hybridized carbons (Fsp3) is 0.0196. The summed E-state index contributed by atoms with van der Waals surface area (Å²) in [5.74, 6) is 0.707. The SMILES string of the molecule is c1ccc(-c2cc(-c3cccc4ccccc34)nc(-c3cccc(-c4ccc5c(c4)C4(c6ccccc6S5)c5ccccc5-c5ccccc54)c3)n2)cc1. The van der Waals surface area contributed by atoms with Crippen molar-refractivity contribution in [3.05, 3.63) is 216 Å². The molecule has 1 aromatic heterocycles. The lowest BCUT2D eigenvalue weighted by atomic mass is 9.67. The zero-order valence-electron chi connectivity index (χ0n) is 29.3. The summed E-state index contributed by atoms with van der Waals surface area (Å²) >= 11 is 1.88. The van der Waals surface area contributed by atoms with E-state index >= 15 is 0 Å². The second-order valence-corrected chi connectivity index (χ2v) is 15.2. The van der Waals surface area contributed by atoms with Gasteiger partial charge < -0.3 is 0 Å². The third kappa shape index (κ3) is 4.68. The lowest BCUT2D eigenvalue weighted by molar-refractivity contribution is 0.723. The van der Waals surface area contributed by atoms with Crippen molar-refractivity contribution in [3.63, 3.8) is 0 Å². The van der Waals surface area contributed by atoms with Crippen molar-refractivity contribution < 1.29 is 0 Å². The minimum atomic E-state index is -0.418. The number of nitrogens with zero attached hydrogens (tertiary/aromatic N) is 2. The summed E-state index contributed by atoms with van der Waals surface area (Å²) < 4.78 is 0. The Bertz CT molecular complexity index is 2880. The lowest BCUT2D eigenvalue weighted by Gasteiger charge is -2.40. The molecule has 252 valence electrons. The van der Waals surface area contributed by atoms with E-state index in [1.54, 1.807) is 0 Å². The molecule has 2 nitrogen and oxygen atoms in total. The summed E-state index contributed by atoms with van der Waals surface area (Å²) in [4.78, 5) is 13.1. The van der Waals surface area contributed by atoms with Gasteiger partial charge in [-0.05, 0) is 85.6 Å². The molecule has 2 aliphatic rings. The molecule has 0 unspecified atom stereocenters. The van der Waals surface area contributed by atoms with Crippen molar-refractivity contribution in [3.8, 4) is 56.2 Å². The van der Waals surface area contributed by atoms with Gasteiger partial charge in [0.15, 0.2) is 5.82 Å². The highest BCUT2D eigenvalue weighted by Gasteiger charge is 2.50. The Morgan fingerprint density at radius 2 is 0.926 bits per heavy atom. The molecule has 0 N–H and O–H groups in total. The molecule has 0 radical (unpaired) electrons. The molecule has 0 saturated heterocycles. The fourth-order valence-electron chi connectivity index (χ4n) is 8.79. The minimum absolute atomic E-state index is 0.418. The highest BCUT2D eigenvalue weighted by Crippen LogP contribution is 2.62. The van der Waals surface area contributed by atoms with Gasteiger partial charge in [0.25, 0.3) is 0 Å². The number of benzene rings is 8. The summed E-state index contributed by atoms with van der Waals surface area (Å²) in [5.41, 5.74) is 14.8. The van der Waals surface area contributed by atoms with Crippen molar-refractivity contribution in [2.45, 2.75) is 15.2 Å². The van der Waals surface area contributed by atoms with Crippen molar-refractivity contribution in [1.29, 1.82) is 0 Å². The van der Waals surface area contributed by atoms with Crippen LogP contribution in [0, 0.1) is 0 Å². The van der Waals surface area contributed by atoms with Crippen LogP contribution in [-0.4, -0.2) is 9.97 Å². The second-order valence-electron chi connectivity index (χ2n) is 14.1. The van der Waals surface area contributed by atoms with Crippen LogP contribution in [-0.2, 0) is 5.41 Å². The number of rotatable bonds is 4. The van der Waals surface area contributed by atoms with Crippen LogP contribution in [0.1, 0.15) is 22.3 Å². The Kier molecular flexibility index (Phi) is 7.05. The molecule has 0 bridgehead atoms. The van der Waals surface area contributed by atoms with Gasteiger partial charge in [0.2, 0.25) is 0 Å². The molecule has 8 aromatic carbocycles. The number of aromatic nitrogens is 2. The summed E-state index contributed by atoms with van der Waals surface area (Å²) in [7, 11) is 0. The Hall–Kier alpha value is -6.55. The number of fused-ring (bicyclic) bond motifs is 10. The topological polar surface area (TPSA) is 25.8 Å². The van der Waals surface area contributed by atoms with Crippen LogP contribution in [0.15, 0.2) is 204 Å². The highest BCUT2D eigenvalue weighted by atomic mass is 32.2. The quantitative estimate of drug-likeness (QED) is 0.182. The van der Waals surface area contributed by atoms with Crippen LogP contribution in [0.25, 0.3) is 66.9 Å². The maximum atomic E-state index is 5.27. The molecular formula is C51H32N2S. The summed E-state index contributed by atoms with van der Waals surface area (Å²) in [6, 6.07) is 70.2. The Morgan fingerprint density at radius 1 is 0.352 bits per heavy atom. The van der Waals surface area contributed by atoms with Crippen LogP contribution in [0.2, 0.25) is 0 Å².